The molecule has 0 N–H and O–H groups in total. The molecule has 54 valence electrons. The summed E-state index contributed by atoms with van der Waals surface area (Å²) in [5.74, 6) is 0. The number of alkyl halides is 1. The molecule has 0 aliphatic carbocycles. The average Bonchev–Trinajstić information content (AvgIpc) is 1.83. The van der Waals surface area contributed by atoms with Crippen molar-refractivity contribution >= 4 is 39.0 Å². The van der Waals surface area contributed by atoms with E-state index in [2.05, 4.69) is 22.9 Å². The Morgan fingerprint density at radius 3 is 2.33 bits per heavy atom. The van der Waals surface area contributed by atoms with Crippen molar-refractivity contribution in [1.29, 1.82) is 0 Å². The van der Waals surface area contributed by atoms with Gasteiger partial charge in [0, 0.05) is 12.4 Å². The Bertz CT molecular complexity index is 55.8. The minimum atomic E-state index is 0. The van der Waals surface area contributed by atoms with Crippen molar-refractivity contribution in [1.82, 2.24) is 0 Å². The zero-order valence-corrected chi connectivity index (χ0v) is 9.19. The Morgan fingerprint density at radius 1 is 1.67 bits per heavy atom. The van der Waals surface area contributed by atoms with E-state index >= 15 is 0 Å². The monoisotopic (exact) mass is 206 g/mol. The molecule has 0 rings (SSSR count). The summed E-state index contributed by atoms with van der Waals surface area (Å²) in [7, 11) is 1.76. The van der Waals surface area contributed by atoms with Gasteiger partial charge in [-0.15, -0.1) is 0 Å². The summed E-state index contributed by atoms with van der Waals surface area (Å²) in [6.45, 7) is 2.14. The molecule has 1 nitrogen and oxygen atoms in total. The first kappa shape index (κ1) is 12.8. The van der Waals surface area contributed by atoms with Crippen molar-refractivity contribution in [3.05, 3.63) is 0 Å². The molecular weight excluding hydrogens is 192 g/mol. The topological polar surface area (TPSA) is 9.23 Å². The summed E-state index contributed by atoms with van der Waals surface area (Å²) >= 11 is 3.35. The Hall–Kier alpha value is 1.21. The molecule has 0 bridgehead atoms. The van der Waals surface area contributed by atoms with Gasteiger partial charge in [-0.1, -0.05) is 22.9 Å². The van der Waals surface area contributed by atoms with Crippen LogP contribution in [-0.2, 0) is 4.74 Å². The molecule has 0 aliphatic rings. The first-order chi connectivity index (χ1) is 3.85. The fourth-order valence-electron chi connectivity index (χ4n) is 0.610. The Morgan fingerprint density at radius 2 is 2.22 bits per heavy atom. The number of hydrogen-bond donors (Lipinski definition) is 0. The maximum absolute atomic E-state index is 5.11. The minimum Gasteiger partial charge on any atom is -1.00 e. The van der Waals surface area contributed by atoms with Crippen LogP contribution >= 0.6 is 15.9 Å². The average molecular weight is 207 g/mol. The second-order valence-electron chi connectivity index (χ2n) is 1.74. The fraction of sp³-hybridized carbons (Fsp3) is 1.00. The second-order valence-corrected chi connectivity index (χ2v) is 2.54. The summed E-state index contributed by atoms with van der Waals surface area (Å²) in [6, 6.07) is 0. The smallest absolute Gasteiger partial charge is 1.00 e. The van der Waals surface area contributed by atoms with Crippen molar-refractivity contribution in [3.8, 4) is 0 Å². The molecule has 0 aromatic rings. The van der Waals surface area contributed by atoms with Crippen molar-refractivity contribution < 1.29 is 7.59 Å². The van der Waals surface area contributed by atoms with E-state index in [1.165, 1.54) is 0 Å². The standard InChI is InChI=1S/C6H13BrO.Mg.2H/c1-3-6(8-2)4-5-7;;;/h6H,3-5H2,1-2H3;;;/q;+2;2*-1. The van der Waals surface area contributed by atoms with E-state index in [4.69, 9.17) is 4.74 Å². The van der Waals surface area contributed by atoms with Gasteiger partial charge in [0.15, 0.2) is 0 Å². The number of hydrogen-bond acceptors (Lipinski definition) is 1. The van der Waals surface area contributed by atoms with E-state index in [0.29, 0.717) is 6.10 Å². The molecule has 9 heavy (non-hydrogen) atoms. The van der Waals surface area contributed by atoms with Gasteiger partial charge in [-0.05, 0) is 12.8 Å². The molecule has 0 saturated heterocycles. The van der Waals surface area contributed by atoms with Gasteiger partial charge in [-0.25, -0.2) is 0 Å². The van der Waals surface area contributed by atoms with Crippen LogP contribution in [0.15, 0.2) is 0 Å². The van der Waals surface area contributed by atoms with E-state index in [1.54, 1.807) is 7.11 Å². The van der Waals surface area contributed by atoms with Crippen LogP contribution < -0.4 is 0 Å². The van der Waals surface area contributed by atoms with Crippen LogP contribution in [0.2, 0.25) is 0 Å². The SMILES string of the molecule is CCC(CCBr)OC.[H-].[H-].[Mg+2]. The Balaban J connectivity index is -0.0000000817. The molecule has 0 heterocycles. The molecular formula is C6H15BrMgO. The number of methoxy groups -OCH3 is 1. The van der Waals surface area contributed by atoms with Crippen LogP contribution in [0.25, 0.3) is 0 Å². The third kappa shape index (κ3) is 7.10. The van der Waals surface area contributed by atoms with Crippen molar-refractivity contribution in [2.24, 2.45) is 0 Å². The van der Waals surface area contributed by atoms with E-state index in [-0.39, 0.29) is 25.9 Å². The first-order valence-electron chi connectivity index (χ1n) is 2.93. The van der Waals surface area contributed by atoms with Crippen LogP contribution in [0.5, 0.6) is 0 Å². The van der Waals surface area contributed by atoms with Crippen LogP contribution in [0.3, 0.4) is 0 Å². The zero-order valence-electron chi connectivity index (χ0n) is 8.19. The van der Waals surface area contributed by atoms with Crippen LogP contribution in [0.4, 0.5) is 0 Å². The normalized spacial score (nSPS) is 12.3. The maximum Gasteiger partial charge on any atom is 2.00 e. The molecule has 1 atom stereocenters. The van der Waals surface area contributed by atoms with Gasteiger partial charge in [0.05, 0.1) is 6.10 Å². The Labute approximate surface area is 84.8 Å². The van der Waals surface area contributed by atoms with Crippen molar-refractivity contribution in [2.75, 3.05) is 12.4 Å². The first-order valence-corrected chi connectivity index (χ1v) is 4.06. The van der Waals surface area contributed by atoms with Crippen LogP contribution in [0, 0.1) is 0 Å². The molecule has 0 amide bonds. The second kappa shape index (κ2) is 9.21. The van der Waals surface area contributed by atoms with Crippen LogP contribution in [-0.4, -0.2) is 41.6 Å². The number of ether oxygens (including phenoxy) is 1. The minimum absolute atomic E-state index is 0. The van der Waals surface area contributed by atoms with E-state index < -0.39 is 0 Å². The summed E-state index contributed by atoms with van der Waals surface area (Å²) in [4.78, 5) is 0. The summed E-state index contributed by atoms with van der Waals surface area (Å²) in [5.41, 5.74) is 0. The van der Waals surface area contributed by atoms with Gasteiger partial charge in [0.25, 0.3) is 0 Å². The number of halogens is 1. The predicted molar refractivity (Wildman–Crippen MR) is 47.5 cm³/mol. The molecule has 0 aromatic carbocycles. The quantitative estimate of drug-likeness (QED) is 0.506. The van der Waals surface area contributed by atoms with E-state index in [9.17, 15) is 0 Å². The van der Waals surface area contributed by atoms with Gasteiger partial charge < -0.3 is 7.59 Å². The molecule has 3 heteroatoms. The molecule has 0 radical (unpaired) electrons. The fourth-order valence-corrected chi connectivity index (χ4v) is 1.12. The largest absolute Gasteiger partial charge is 2.00 e. The molecule has 0 fully saturated rings. The molecule has 1 unspecified atom stereocenters. The molecule has 0 saturated carbocycles. The predicted octanol–water partition coefficient (Wildman–Crippen LogP) is 2.04. The Kier molecular flexibility index (Phi) is 13.1. The van der Waals surface area contributed by atoms with Gasteiger partial charge in [-0.2, -0.15) is 0 Å². The van der Waals surface area contributed by atoms with Gasteiger partial charge in [0.2, 0.25) is 0 Å². The molecule has 0 aliphatic heterocycles. The molecule has 0 aromatic heterocycles. The summed E-state index contributed by atoms with van der Waals surface area (Å²) < 4.78 is 5.11. The zero-order chi connectivity index (χ0) is 6.41. The van der Waals surface area contributed by atoms with Crippen molar-refractivity contribution in [3.63, 3.8) is 0 Å². The summed E-state index contributed by atoms with van der Waals surface area (Å²) in [5, 5.41) is 1.04. The van der Waals surface area contributed by atoms with E-state index in [0.717, 1.165) is 18.2 Å². The molecule has 0 spiro atoms. The van der Waals surface area contributed by atoms with Gasteiger partial charge >= 0.3 is 23.1 Å². The van der Waals surface area contributed by atoms with Crippen LogP contribution in [0.1, 0.15) is 22.6 Å². The maximum atomic E-state index is 5.11. The van der Waals surface area contributed by atoms with Crippen molar-refractivity contribution in [2.45, 2.75) is 25.9 Å². The third-order valence-electron chi connectivity index (χ3n) is 1.22. The van der Waals surface area contributed by atoms with Gasteiger partial charge in [-0.3, -0.25) is 0 Å². The van der Waals surface area contributed by atoms with Gasteiger partial charge in [0.1, 0.15) is 0 Å². The number of rotatable bonds is 4. The van der Waals surface area contributed by atoms with E-state index in [1.807, 2.05) is 0 Å². The summed E-state index contributed by atoms with van der Waals surface area (Å²) in [6.07, 6.45) is 2.68. The third-order valence-corrected chi connectivity index (χ3v) is 1.68.